The Balaban J connectivity index is 1.72. The lowest BCUT2D eigenvalue weighted by Gasteiger charge is -2.11. The van der Waals surface area contributed by atoms with Crippen LogP contribution in [0.4, 0.5) is 18.9 Å². The number of hydrogen-bond donors (Lipinski definition) is 1. The van der Waals surface area contributed by atoms with E-state index >= 15 is 0 Å². The number of ether oxygens (including phenoxy) is 2. The van der Waals surface area contributed by atoms with Crippen LogP contribution in [0.2, 0.25) is 0 Å². The number of nitrogens with zero attached hydrogens (tertiary/aromatic N) is 2. The Kier molecular flexibility index (Phi) is 6.20. The Bertz CT molecular complexity index is 1190. The highest BCUT2D eigenvalue weighted by Gasteiger charge is 2.38. The fourth-order valence-corrected chi connectivity index (χ4v) is 3.52. The van der Waals surface area contributed by atoms with Gasteiger partial charge in [-0.3, -0.25) is 4.72 Å². The first kappa shape index (κ1) is 22.2. The van der Waals surface area contributed by atoms with Crippen LogP contribution in [0.5, 0.6) is 11.5 Å². The van der Waals surface area contributed by atoms with Gasteiger partial charge >= 0.3 is 12.1 Å². The molecule has 1 heterocycles. The molecule has 3 aromatic rings. The van der Waals surface area contributed by atoms with Gasteiger partial charge in [-0.25, -0.2) is 8.42 Å². The van der Waals surface area contributed by atoms with Crippen LogP contribution in [0.25, 0.3) is 12.2 Å². The minimum atomic E-state index is -4.72. The summed E-state index contributed by atoms with van der Waals surface area (Å²) in [6.07, 6.45) is -2.02. The average Bonchev–Trinajstić information content (AvgIpc) is 3.22. The van der Waals surface area contributed by atoms with Gasteiger partial charge in [0.15, 0.2) is 17.3 Å². The molecular formula is C19H16F3N3O5S. The van der Waals surface area contributed by atoms with Gasteiger partial charge in [0.1, 0.15) is 0 Å². The fourth-order valence-electron chi connectivity index (χ4n) is 2.45. The highest BCUT2D eigenvalue weighted by molar-refractivity contribution is 7.92. The molecule has 0 atom stereocenters. The Morgan fingerprint density at radius 1 is 1.00 bits per heavy atom. The zero-order chi connectivity index (χ0) is 22.6. The van der Waals surface area contributed by atoms with Crippen molar-refractivity contribution in [3.05, 3.63) is 59.7 Å². The Morgan fingerprint density at radius 2 is 1.68 bits per heavy atom. The molecule has 12 heteroatoms. The number of nitrogens with one attached hydrogen (secondary N) is 1. The molecule has 164 valence electrons. The lowest BCUT2D eigenvalue weighted by atomic mass is 10.2. The monoisotopic (exact) mass is 455 g/mol. The summed E-state index contributed by atoms with van der Waals surface area (Å²) in [4.78, 5) is 3.20. The number of hydrogen-bond acceptors (Lipinski definition) is 7. The molecular weight excluding hydrogens is 439 g/mol. The summed E-state index contributed by atoms with van der Waals surface area (Å²) in [6.45, 7) is 0. The maximum atomic E-state index is 12.6. The molecule has 2 aromatic carbocycles. The molecule has 0 fully saturated rings. The fraction of sp³-hybridized carbons (Fsp3) is 0.158. The van der Waals surface area contributed by atoms with E-state index in [2.05, 4.69) is 19.4 Å². The van der Waals surface area contributed by atoms with Crippen molar-refractivity contribution in [3.8, 4) is 11.5 Å². The van der Waals surface area contributed by atoms with E-state index in [1.165, 1.54) is 56.7 Å². The van der Waals surface area contributed by atoms with Crippen LogP contribution in [0.15, 0.2) is 51.9 Å². The summed E-state index contributed by atoms with van der Waals surface area (Å²) >= 11 is 0. The number of halogens is 3. The molecule has 0 aliphatic heterocycles. The second-order valence-corrected chi connectivity index (χ2v) is 7.72. The summed E-state index contributed by atoms with van der Waals surface area (Å²) in [5.74, 6) is -1.03. The lowest BCUT2D eigenvalue weighted by molar-refractivity contribution is -0.159. The Morgan fingerprint density at radius 3 is 2.26 bits per heavy atom. The van der Waals surface area contributed by atoms with Gasteiger partial charge in [-0.05, 0) is 35.9 Å². The second kappa shape index (κ2) is 8.68. The number of anilines is 1. The zero-order valence-corrected chi connectivity index (χ0v) is 17.0. The van der Waals surface area contributed by atoms with Gasteiger partial charge < -0.3 is 14.0 Å². The number of aromatic nitrogens is 2. The average molecular weight is 455 g/mol. The molecule has 8 nitrogen and oxygen atoms in total. The Labute approximate surface area is 175 Å². The lowest BCUT2D eigenvalue weighted by Crippen LogP contribution is -2.13. The minimum absolute atomic E-state index is 0.0216. The van der Waals surface area contributed by atoms with E-state index in [4.69, 9.17) is 9.47 Å². The van der Waals surface area contributed by atoms with Crippen molar-refractivity contribution in [2.24, 2.45) is 0 Å². The third-order valence-corrected chi connectivity index (χ3v) is 5.32. The van der Waals surface area contributed by atoms with Crippen molar-refractivity contribution in [1.29, 1.82) is 0 Å². The molecule has 0 saturated heterocycles. The number of methoxy groups -OCH3 is 2. The molecule has 31 heavy (non-hydrogen) atoms. The molecule has 1 aromatic heterocycles. The maximum Gasteiger partial charge on any atom is 0.471 e. The van der Waals surface area contributed by atoms with E-state index in [9.17, 15) is 21.6 Å². The van der Waals surface area contributed by atoms with E-state index in [0.717, 1.165) is 0 Å². The van der Waals surface area contributed by atoms with Crippen molar-refractivity contribution >= 4 is 27.9 Å². The van der Waals surface area contributed by atoms with Gasteiger partial charge in [-0.15, -0.1) is 0 Å². The van der Waals surface area contributed by atoms with Crippen LogP contribution in [-0.4, -0.2) is 32.8 Å². The first-order valence-electron chi connectivity index (χ1n) is 8.56. The second-order valence-electron chi connectivity index (χ2n) is 6.03. The summed E-state index contributed by atoms with van der Waals surface area (Å²) in [5, 5.41) is 3.22. The number of rotatable bonds is 7. The highest BCUT2D eigenvalue weighted by Crippen LogP contribution is 2.30. The molecule has 0 unspecified atom stereocenters. The molecule has 3 rings (SSSR count). The first-order valence-corrected chi connectivity index (χ1v) is 10.0. The Hall–Kier alpha value is -3.54. The summed E-state index contributed by atoms with van der Waals surface area (Å²) in [5.41, 5.74) is 0.860. The van der Waals surface area contributed by atoms with Gasteiger partial charge in [0.05, 0.1) is 19.1 Å². The number of sulfonamides is 1. The molecule has 1 N–H and O–H groups in total. The smallest absolute Gasteiger partial charge is 0.471 e. The van der Waals surface area contributed by atoms with Crippen LogP contribution < -0.4 is 14.2 Å². The minimum Gasteiger partial charge on any atom is -0.493 e. The quantitative estimate of drug-likeness (QED) is 0.573. The normalized spacial score (nSPS) is 12.2. The van der Waals surface area contributed by atoms with E-state index in [0.29, 0.717) is 11.3 Å². The molecule has 0 radical (unpaired) electrons. The third-order valence-electron chi connectivity index (χ3n) is 3.94. The first-order chi connectivity index (χ1) is 14.6. The van der Waals surface area contributed by atoms with Gasteiger partial charge in [0.25, 0.3) is 10.0 Å². The maximum absolute atomic E-state index is 12.6. The van der Waals surface area contributed by atoms with Crippen molar-refractivity contribution in [3.63, 3.8) is 0 Å². The van der Waals surface area contributed by atoms with Crippen molar-refractivity contribution in [2.75, 3.05) is 18.9 Å². The third kappa shape index (κ3) is 5.34. The van der Waals surface area contributed by atoms with Crippen LogP contribution in [0, 0.1) is 0 Å². The predicted molar refractivity (Wildman–Crippen MR) is 105 cm³/mol. The van der Waals surface area contributed by atoms with Crippen LogP contribution in [0.1, 0.15) is 17.3 Å². The van der Waals surface area contributed by atoms with Crippen LogP contribution >= 0.6 is 0 Å². The summed E-state index contributed by atoms with van der Waals surface area (Å²) < 4.78 is 79.4. The van der Waals surface area contributed by atoms with Crippen LogP contribution in [0.3, 0.4) is 0 Å². The molecule has 0 aliphatic rings. The molecule has 0 amide bonds. The van der Waals surface area contributed by atoms with Crippen molar-refractivity contribution in [1.82, 2.24) is 10.1 Å². The predicted octanol–water partition coefficient (Wildman–Crippen LogP) is 4.08. The topological polar surface area (TPSA) is 104 Å². The summed E-state index contributed by atoms with van der Waals surface area (Å²) in [6, 6.07) is 10.3. The molecule has 0 saturated carbocycles. The van der Waals surface area contributed by atoms with E-state index < -0.39 is 22.1 Å². The van der Waals surface area contributed by atoms with Gasteiger partial charge in [0.2, 0.25) is 0 Å². The SMILES string of the molecule is COc1ccc(S(=O)(=O)Nc2ccc(C=Cc3noc(C(F)(F)F)n3)cc2)cc1OC. The molecule has 0 spiro atoms. The molecule has 0 aliphatic carbocycles. The van der Waals surface area contributed by atoms with Gasteiger partial charge in [-0.1, -0.05) is 23.4 Å². The zero-order valence-electron chi connectivity index (χ0n) is 16.2. The highest BCUT2D eigenvalue weighted by atomic mass is 32.2. The largest absolute Gasteiger partial charge is 0.493 e. The van der Waals surface area contributed by atoms with Crippen molar-refractivity contribution < 1.29 is 35.6 Å². The van der Waals surface area contributed by atoms with E-state index in [-0.39, 0.29) is 22.2 Å². The number of alkyl halides is 3. The van der Waals surface area contributed by atoms with E-state index in [1.807, 2.05) is 0 Å². The van der Waals surface area contributed by atoms with E-state index in [1.54, 1.807) is 12.1 Å². The van der Waals surface area contributed by atoms with Crippen molar-refractivity contribution in [2.45, 2.75) is 11.1 Å². The van der Waals surface area contributed by atoms with Gasteiger partial charge in [0, 0.05) is 11.8 Å². The number of benzene rings is 2. The standard InChI is InChI=1S/C19H16F3N3O5S/c1-28-15-9-8-14(11-16(15)29-2)31(26,27)25-13-6-3-12(4-7-13)5-10-17-23-18(30-24-17)19(20,21)22/h3-11,25H,1-2H3. The van der Waals surface area contributed by atoms with Crippen LogP contribution in [-0.2, 0) is 16.2 Å². The molecule has 0 bridgehead atoms. The van der Waals surface area contributed by atoms with Gasteiger partial charge in [-0.2, -0.15) is 18.2 Å². The summed E-state index contributed by atoms with van der Waals surface area (Å²) in [7, 11) is -1.06.